The van der Waals surface area contributed by atoms with E-state index in [1.807, 2.05) is 39.0 Å². The fourth-order valence-corrected chi connectivity index (χ4v) is 3.25. The third-order valence-electron chi connectivity index (χ3n) is 4.64. The van der Waals surface area contributed by atoms with Crippen LogP contribution < -0.4 is 11.1 Å². The van der Waals surface area contributed by atoms with E-state index >= 15 is 0 Å². The molecule has 8 heteroatoms. The summed E-state index contributed by atoms with van der Waals surface area (Å²) in [6.07, 6.45) is 0.760. The van der Waals surface area contributed by atoms with Crippen molar-refractivity contribution in [2.75, 3.05) is 0 Å². The molecule has 1 fully saturated rings. The first-order chi connectivity index (χ1) is 12.7. The second-order valence-electron chi connectivity index (χ2n) is 7.87. The van der Waals surface area contributed by atoms with E-state index in [2.05, 4.69) is 10.4 Å². The molecule has 3 N–H and O–H groups in total. The number of nitrogens with two attached hydrogens (primary N) is 1. The highest BCUT2D eigenvalue weighted by Gasteiger charge is 2.33. The predicted molar refractivity (Wildman–Crippen MR) is 98.8 cm³/mol. The smallest absolute Gasteiger partial charge is 0.306 e. The summed E-state index contributed by atoms with van der Waals surface area (Å²) in [6, 6.07) is 6.49. The number of primary amides is 1. The molecule has 144 valence electrons. The van der Waals surface area contributed by atoms with Crippen LogP contribution in [0.4, 0.5) is 0 Å². The molecule has 2 heterocycles. The number of cyclic esters (lactones) is 1. The molecule has 1 aromatic heterocycles. The molecule has 27 heavy (non-hydrogen) atoms. The molecule has 2 aromatic rings. The number of fused-ring (bicyclic) bond motifs is 1. The van der Waals surface area contributed by atoms with Crippen LogP contribution in [0.25, 0.3) is 10.9 Å². The number of rotatable bonds is 5. The first-order valence-corrected chi connectivity index (χ1v) is 8.92. The van der Waals surface area contributed by atoms with Gasteiger partial charge >= 0.3 is 5.97 Å². The van der Waals surface area contributed by atoms with Crippen molar-refractivity contribution in [2.45, 2.75) is 52.3 Å². The second-order valence-corrected chi connectivity index (χ2v) is 7.87. The molecule has 1 aliphatic heterocycles. The Balaban J connectivity index is 1.91. The Morgan fingerprint density at radius 2 is 2.07 bits per heavy atom. The number of nitrogens with zero attached hydrogens (tertiary/aromatic N) is 2. The maximum Gasteiger partial charge on any atom is 0.306 e. The molecule has 0 bridgehead atoms. The molecule has 0 spiro atoms. The van der Waals surface area contributed by atoms with Gasteiger partial charge in [0.25, 0.3) is 5.91 Å². The molecular formula is C19H24N4O4. The Bertz CT molecular complexity index is 897. The Morgan fingerprint density at radius 3 is 2.67 bits per heavy atom. The summed E-state index contributed by atoms with van der Waals surface area (Å²) in [5.74, 6) is -1.28. The highest BCUT2D eigenvalue weighted by molar-refractivity contribution is 6.06. The summed E-state index contributed by atoms with van der Waals surface area (Å²) < 4.78 is 6.93. The summed E-state index contributed by atoms with van der Waals surface area (Å²) in [6.45, 7) is 5.85. The molecule has 0 saturated carbocycles. The van der Waals surface area contributed by atoms with E-state index in [0.29, 0.717) is 24.8 Å². The number of esters is 1. The van der Waals surface area contributed by atoms with Crippen molar-refractivity contribution in [1.29, 1.82) is 0 Å². The van der Waals surface area contributed by atoms with Gasteiger partial charge in [0, 0.05) is 11.8 Å². The van der Waals surface area contributed by atoms with Gasteiger partial charge in [-0.25, -0.2) is 0 Å². The first-order valence-electron chi connectivity index (χ1n) is 8.92. The minimum absolute atomic E-state index is 0.213. The Hall–Kier alpha value is -2.90. The highest BCUT2D eigenvalue weighted by atomic mass is 16.5. The Morgan fingerprint density at radius 1 is 1.37 bits per heavy atom. The van der Waals surface area contributed by atoms with Crippen LogP contribution in [0.5, 0.6) is 0 Å². The summed E-state index contributed by atoms with van der Waals surface area (Å²) in [5.41, 5.74) is 5.91. The van der Waals surface area contributed by atoms with Gasteiger partial charge in [-0.15, -0.1) is 0 Å². The number of ether oxygens (including phenoxy) is 1. The minimum atomic E-state index is -0.829. The zero-order valence-corrected chi connectivity index (χ0v) is 15.7. The molecule has 1 saturated heterocycles. The van der Waals surface area contributed by atoms with Crippen LogP contribution in [0, 0.1) is 5.41 Å². The molecule has 1 aromatic carbocycles. The van der Waals surface area contributed by atoms with E-state index in [9.17, 15) is 14.4 Å². The third-order valence-corrected chi connectivity index (χ3v) is 4.64. The van der Waals surface area contributed by atoms with E-state index in [1.54, 1.807) is 10.7 Å². The van der Waals surface area contributed by atoms with Crippen LogP contribution >= 0.6 is 0 Å². The Labute approximate surface area is 157 Å². The van der Waals surface area contributed by atoms with Gasteiger partial charge in [-0.05, 0) is 17.9 Å². The van der Waals surface area contributed by atoms with Crippen molar-refractivity contribution in [1.82, 2.24) is 15.1 Å². The molecule has 1 aliphatic rings. The summed E-state index contributed by atoms with van der Waals surface area (Å²) in [4.78, 5) is 36.0. The van der Waals surface area contributed by atoms with Crippen molar-refractivity contribution in [3.05, 3.63) is 30.0 Å². The lowest BCUT2D eigenvalue weighted by molar-refractivity contribution is -0.141. The summed E-state index contributed by atoms with van der Waals surface area (Å²) in [5, 5.41) is 7.80. The summed E-state index contributed by atoms with van der Waals surface area (Å²) in [7, 11) is 0. The lowest BCUT2D eigenvalue weighted by Crippen LogP contribution is -2.52. The fraction of sp³-hybridized carbons (Fsp3) is 0.474. The maximum absolute atomic E-state index is 12.8. The van der Waals surface area contributed by atoms with Crippen molar-refractivity contribution >= 4 is 28.7 Å². The predicted octanol–water partition coefficient (Wildman–Crippen LogP) is 1.37. The third kappa shape index (κ3) is 3.94. The second kappa shape index (κ2) is 7.02. The standard InChI is InChI=1S/C19H24N4O4/c1-19(2,3)16(17(20)25)21-18(26)15-12-6-4-5-7-13(12)23(22-15)10-11-8-9-14(24)27-11/h4-7,11,16H,8-10H2,1-3H3,(H2,20,25)(H,21,26)/t11-,16?/m1/s1. The van der Waals surface area contributed by atoms with Gasteiger partial charge in [0.05, 0.1) is 12.1 Å². The van der Waals surface area contributed by atoms with Crippen molar-refractivity contribution in [2.24, 2.45) is 11.1 Å². The monoisotopic (exact) mass is 372 g/mol. The van der Waals surface area contributed by atoms with E-state index in [4.69, 9.17) is 10.5 Å². The molecule has 1 unspecified atom stereocenters. The number of aromatic nitrogens is 2. The van der Waals surface area contributed by atoms with Crippen LogP contribution in [0.1, 0.15) is 44.1 Å². The van der Waals surface area contributed by atoms with Crippen LogP contribution in [-0.2, 0) is 20.9 Å². The van der Waals surface area contributed by atoms with Gasteiger partial charge in [0.1, 0.15) is 12.1 Å². The molecular weight excluding hydrogens is 348 g/mol. The average Bonchev–Trinajstić information content (AvgIpc) is 3.15. The maximum atomic E-state index is 12.8. The van der Waals surface area contributed by atoms with Gasteiger partial charge < -0.3 is 15.8 Å². The number of carbonyl (C=O) groups excluding carboxylic acids is 3. The number of amides is 2. The van der Waals surface area contributed by atoms with Gasteiger partial charge in [-0.1, -0.05) is 39.0 Å². The molecule has 3 rings (SSSR count). The molecule has 0 aliphatic carbocycles. The number of hydrogen-bond acceptors (Lipinski definition) is 5. The van der Waals surface area contributed by atoms with Gasteiger partial charge in [0.15, 0.2) is 5.69 Å². The van der Waals surface area contributed by atoms with E-state index in [1.165, 1.54) is 0 Å². The largest absolute Gasteiger partial charge is 0.460 e. The van der Waals surface area contributed by atoms with E-state index in [0.717, 1.165) is 5.52 Å². The van der Waals surface area contributed by atoms with Crippen molar-refractivity contribution in [3.8, 4) is 0 Å². The molecule has 0 radical (unpaired) electrons. The lowest BCUT2D eigenvalue weighted by Gasteiger charge is -2.28. The Kier molecular flexibility index (Phi) is 4.91. The van der Waals surface area contributed by atoms with Crippen LogP contribution in [0.2, 0.25) is 0 Å². The molecule has 8 nitrogen and oxygen atoms in total. The number of hydrogen-bond donors (Lipinski definition) is 2. The van der Waals surface area contributed by atoms with Crippen LogP contribution in [0.15, 0.2) is 24.3 Å². The number of benzene rings is 1. The highest BCUT2D eigenvalue weighted by Crippen LogP contribution is 2.23. The zero-order chi connectivity index (χ0) is 19.8. The first kappa shape index (κ1) is 18.9. The van der Waals surface area contributed by atoms with Gasteiger partial charge in [-0.3, -0.25) is 19.1 Å². The van der Waals surface area contributed by atoms with Crippen molar-refractivity contribution < 1.29 is 19.1 Å². The number of para-hydroxylation sites is 1. The molecule has 2 amide bonds. The van der Waals surface area contributed by atoms with Crippen molar-refractivity contribution in [3.63, 3.8) is 0 Å². The average molecular weight is 372 g/mol. The quantitative estimate of drug-likeness (QED) is 0.769. The summed E-state index contributed by atoms with van der Waals surface area (Å²) >= 11 is 0. The van der Waals surface area contributed by atoms with Crippen LogP contribution in [-0.4, -0.2) is 39.7 Å². The normalized spacial score (nSPS) is 18.3. The van der Waals surface area contributed by atoms with Crippen LogP contribution in [0.3, 0.4) is 0 Å². The zero-order valence-electron chi connectivity index (χ0n) is 15.7. The van der Waals surface area contributed by atoms with E-state index in [-0.39, 0.29) is 17.8 Å². The SMILES string of the molecule is CC(C)(C)C(NC(=O)c1nn(C[C@H]2CCC(=O)O2)c2ccccc12)C(N)=O. The van der Waals surface area contributed by atoms with Gasteiger partial charge in [0.2, 0.25) is 5.91 Å². The van der Waals surface area contributed by atoms with E-state index < -0.39 is 23.3 Å². The molecule has 2 atom stereocenters. The minimum Gasteiger partial charge on any atom is -0.460 e. The fourth-order valence-electron chi connectivity index (χ4n) is 3.25. The number of carbonyl (C=O) groups is 3. The topological polar surface area (TPSA) is 116 Å². The number of nitrogens with one attached hydrogen (secondary N) is 1. The van der Waals surface area contributed by atoms with Gasteiger partial charge in [-0.2, -0.15) is 5.10 Å². The lowest BCUT2D eigenvalue weighted by atomic mass is 9.86.